The Bertz CT molecular complexity index is 1380. The maximum atomic E-state index is 13.1. The molecule has 0 aliphatic heterocycles. The van der Waals surface area contributed by atoms with Crippen molar-refractivity contribution in [3.63, 3.8) is 0 Å². The Morgan fingerprint density at radius 2 is 1.65 bits per heavy atom. The number of hydrazone groups is 1. The van der Waals surface area contributed by atoms with Gasteiger partial charge in [-0.05, 0) is 80.3 Å². The molecule has 4 N–H and O–H groups in total. The predicted octanol–water partition coefficient (Wildman–Crippen LogP) is 5.57. The van der Waals surface area contributed by atoms with Gasteiger partial charge in [-0.3, -0.25) is 9.59 Å². The Morgan fingerprint density at radius 1 is 1.00 bits per heavy atom. The number of hydrogen-bond donors (Lipinski definition) is 4. The smallest absolute Gasteiger partial charge is 0.287 e. The molecule has 192 valence electrons. The Labute approximate surface area is 235 Å². The molecule has 0 unspecified atom stereocenters. The molecule has 8 nitrogen and oxygen atoms in total. The van der Waals surface area contributed by atoms with Crippen LogP contribution in [-0.4, -0.2) is 42.3 Å². The number of anilines is 1. The highest BCUT2D eigenvalue weighted by Gasteiger charge is 2.19. The van der Waals surface area contributed by atoms with Gasteiger partial charge in [-0.25, -0.2) is 5.43 Å². The minimum Gasteiger partial charge on any atom is -0.506 e. The first kappa shape index (κ1) is 28.2. The summed E-state index contributed by atoms with van der Waals surface area (Å²) in [5, 5.41) is 27.2. The van der Waals surface area contributed by atoms with Crippen LogP contribution in [0.25, 0.3) is 6.08 Å². The summed E-state index contributed by atoms with van der Waals surface area (Å²) >= 11 is 12.5. The highest BCUT2D eigenvalue weighted by molar-refractivity contribution is 9.11. The Hall–Kier alpha value is -3.34. The van der Waals surface area contributed by atoms with Crippen molar-refractivity contribution in [2.24, 2.45) is 5.10 Å². The zero-order valence-corrected chi connectivity index (χ0v) is 23.9. The van der Waals surface area contributed by atoms with Crippen molar-refractivity contribution in [3.8, 4) is 11.5 Å². The van der Waals surface area contributed by atoms with Crippen molar-refractivity contribution in [1.29, 1.82) is 0 Å². The van der Waals surface area contributed by atoms with Crippen molar-refractivity contribution in [1.82, 2.24) is 10.7 Å². The van der Waals surface area contributed by atoms with Gasteiger partial charge in [-0.15, -0.1) is 0 Å². The Balaban J connectivity index is 1.91. The summed E-state index contributed by atoms with van der Waals surface area (Å²) in [7, 11) is 3.83. The van der Waals surface area contributed by atoms with E-state index in [-0.39, 0.29) is 37.8 Å². The predicted molar refractivity (Wildman–Crippen MR) is 153 cm³/mol. The van der Waals surface area contributed by atoms with Crippen molar-refractivity contribution in [3.05, 3.63) is 90.4 Å². The fraction of sp³-hybridized carbons (Fsp3) is 0.115. The summed E-state index contributed by atoms with van der Waals surface area (Å²) in [6.45, 7) is 1.66. The molecule has 0 heterocycles. The Kier molecular flexibility index (Phi) is 9.36. The van der Waals surface area contributed by atoms with Crippen LogP contribution >= 0.6 is 43.5 Å². The number of benzene rings is 3. The van der Waals surface area contributed by atoms with Gasteiger partial charge >= 0.3 is 0 Å². The molecule has 3 rings (SSSR count). The van der Waals surface area contributed by atoms with E-state index in [0.29, 0.717) is 15.6 Å². The number of nitrogens with zero attached hydrogens (tertiary/aromatic N) is 2. The van der Waals surface area contributed by atoms with Gasteiger partial charge in [0, 0.05) is 25.3 Å². The fourth-order valence-corrected chi connectivity index (χ4v) is 4.51. The van der Waals surface area contributed by atoms with Crippen LogP contribution in [0.5, 0.6) is 11.5 Å². The number of rotatable bonds is 7. The molecule has 0 saturated heterocycles. The summed E-state index contributed by atoms with van der Waals surface area (Å²) in [5.74, 6) is -1.69. The van der Waals surface area contributed by atoms with Crippen LogP contribution in [0.1, 0.15) is 27.0 Å². The molecule has 2 amide bonds. The molecule has 0 fully saturated rings. The summed E-state index contributed by atoms with van der Waals surface area (Å²) < 4.78 is 0.435. The maximum absolute atomic E-state index is 13.1. The van der Waals surface area contributed by atoms with E-state index in [1.54, 1.807) is 43.3 Å². The topological polar surface area (TPSA) is 114 Å². The van der Waals surface area contributed by atoms with Crippen molar-refractivity contribution in [2.75, 3.05) is 19.0 Å². The molecule has 0 radical (unpaired) electrons. The maximum Gasteiger partial charge on any atom is 0.287 e. The first-order chi connectivity index (χ1) is 17.5. The lowest BCUT2D eigenvalue weighted by molar-refractivity contribution is -0.117. The van der Waals surface area contributed by atoms with Crippen LogP contribution in [0.3, 0.4) is 0 Å². The second-order valence-electron chi connectivity index (χ2n) is 8.04. The number of nitrogens with one attached hydrogen (secondary N) is 2. The van der Waals surface area contributed by atoms with Crippen LogP contribution in [0.2, 0.25) is 5.02 Å². The van der Waals surface area contributed by atoms with Crippen LogP contribution in [0.15, 0.2) is 68.3 Å². The number of halogens is 3. The van der Waals surface area contributed by atoms with Gasteiger partial charge in [0.25, 0.3) is 11.8 Å². The third-order valence-corrected chi connectivity index (χ3v) is 7.35. The molecule has 0 atom stereocenters. The molecule has 0 aliphatic rings. The number of amides is 2. The second kappa shape index (κ2) is 12.3. The largest absolute Gasteiger partial charge is 0.506 e. The van der Waals surface area contributed by atoms with Gasteiger partial charge in [0.2, 0.25) is 0 Å². The first-order valence-electron chi connectivity index (χ1n) is 10.8. The van der Waals surface area contributed by atoms with E-state index in [0.717, 1.165) is 5.69 Å². The third kappa shape index (κ3) is 6.71. The van der Waals surface area contributed by atoms with Crippen molar-refractivity contribution < 1.29 is 19.8 Å². The molecular formula is C26H23Br2ClN4O4. The third-order valence-electron chi connectivity index (χ3n) is 5.30. The number of hydrogen-bond acceptors (Lipinski definition) is 6. The van der Waals surface area contributed by atoms with Gasteiger partial charge in [0.1, 0.15) is 21.7 Å². The number of aromatic hydroxyl groups is 2. The minimum absolute atomic E-state index is 0.0753. The summed E-state index contributed by atoms with van der Waals surface area (Å²) in [6.07, 6.45) is 2.74. The lowest BCUT2D eigenvalue weighted by atomic mass is 10.1. The summed E-state index contributed by atoms with van der Waals surface area (Å²) in [5.41, 5.74) is 4.89. The van der Waals surface area contributed by atoms with Crippen LogP contribution in [0.4, 0.5) is 5.69 Å². The normalized spacial score (nSPS) is 11.5. The number of phenolic OH excluding ortho intramolecular Hbond substituents is 2. The Morgan fingerprint density at radius 3 is 2.27 bits per heavy atom. The van der Waals surface area contributed by atoms with E-state index in [2.05, 4.69) is 47.7 Å². The molecular weight excluding hydrogens is 628 g/mol. The number of carbonyl (C=O) groups excluding carboxylic acids is 2. The molecule has 3 aromatic carbocycles. The number of phenols is 2. The van der Waals surface area contributed by atoms with E-state index in [4.69, 9.17) is 11.6 Å². The van der Waals surface area contributed by atoms with Gasteiger partial charge in [-0.2, -0.15) is 5.10 Å². The molecule has 0 aromatic heterocycles. The van der Waals surface area contributed by atoms with Gasteiger partial charge in [0.05, 0.1) is 21.3 Å². The highest BCUT2D eigenvalue weighted by Crippen LogP contribution is 2.43. The SMILES string of the molecule is Cc1c(Br)c(O)c(Br)c(O)c1/C=N/NC(=O)/C(=C\c1ccc(N(C)C)cc1)NC(=O)c1ccccc1Cl. The van der Waals surface area contributed by atoms with E-state index in [9.17, 15) is 19.8 Å². The molecule has 0 saturated carbocycles. The minimum atomic E-state index is -0.706. The lowest BCUT2D eigenvalue weighted by Crippen LogP contribution is -2.33. The molecule has 0 bridgehead atoms. The molecule has 3 aromatic rings. The monoisotopic (exact) mass is 648 g/mol. The fourth-order valence-electron chi connectivity index (χ4n) is 3.20. The van der Waals surface area contributed by atoms with Crippen LogP contribution in [-0.2, 0) is 4.79 Å². The lowest BCUT2D eigenvalue weighted by Gasteiger charge is -2.13. The second-order valence-corrected chi connectivity index (χ2v) is 10.0. The van der Waals surface area contributed by atoms with Crippen molar-refractivity contribution in [2.45, 2.75) is 6.92 Å². The molecule has 11 heteroatoms. The quantitative estimate of drug-likeness (QED) is 0.152. The summed E-state index contributed by atoms with van der Waals surface area (Å²) in [4.78, 5) is 27.9. The zero-order valence-electron chi connectivity index (χ0n) is 20.0. The standard InChI is InChI=1S/C26H23Br2ClN4O4/c1-14-18(23(34)22(28)24(35)21(14)27)13-30-32-26(37)20(12-15-8-10-16(11-9-15)33(2)3)31-25(36)17-6-4-5-7-19(17)29/h4-13,34-35H,1-3H3,(H,31,36)(H,32,37)/b20-12+,30-13+. The van der Waals surface area contributed by atoms with Crippen molar-refractivity contribution >= 4 is 73.3 Å². The molecule has 37 heavy (non-hydrogen) atoms. The first-order valence-corrected chi connectivity index (χ1v) is 12.8. The van der Waals surface area contributed by atoms with Gasteiger partial charge < -0.3 is 20.4 Å². The number of carbonyl (C=O) groups is 2. The summed E-state index contributed by atoms with van der Waals surface area (Å²) in [6, 6.07) is 13.8. The average molecular weight is 651 g/mol. The van der Waals surface area contributed by atoms with E-state index in [1.165, 1.54) is 12.3 Å². The van der Waals surface area contributed by atoms with Gasteiger partial charge in [0.15, 0.2) is 0 Å². The van der Waals surface area contributed by atoms with Crippen LogP contribution in [0, 0.1) is 6.92 Å². The average Bonchev–Trinajstić information content (AvgIpc) is 2.88. The van der Waals surface area contributed by atoms with E-state index in [1.807, 2.05) is 31.1 Å². The molecule has 0 aliphatic carbocycles. The zero-order chi connectivity index (χ0) is 27.3. The van der Waals surface area contributed by atoms with Gasteiger partial charge in [-0.1, -0.05) is 35.9 Å². The molecule has 0 spiro atoms. The van der Waals surface area contributed by atoms with E-state index >= 15 is 0 Å². The van der Waals surface area contributed by atoms with Crippen LogP contribution < -0.4 is 15.6 Å². The highest BCUT2D eigenvalue weighted by atomic mass is 79.9. The van der Waals surface area contributed by atoms with E-state index < -0.39 is 11.8 Å².